The first-order valence-electron chi connectivity index (χ1n) is 9.20. The maximum absolute atomic E-state index is 12.1. The van der Waals surface area contributed by atoms with Gasteiger partial charge in [-0.25, -0.2) is 4.98 Å². The first-order valence-corrected chi connectivity index (χ1v) is 9.20. The quantitative estimate of drug-likeness (QED) is 0.345. The third-order valence-electron chi connectivity index (χ3n) is 4.31. The molecule has 1 heterocycles. The lowest BCUT2D eigenvalue weighted by molar-refractivity contribution is -0.385. The van der Waals surface area contributed by atoms with Crippen LogP contribution in [0.4, 0.5) is 11.5 Å². The van der Waals surface area contributed by atoms with Gasteiger partial charge in [0, 0.05) is 12.5 Å². The Balaban J connectivity index is 1.81. The summed E-state index contributed by atoms with van der Waals surface area (Å²) in [4.78, 5) is 26.3. The zero-order chi connectivity index (χ0) is 21.2. The minimum Gasteiger partial charge on any atom is -0.493 e. The monoisotopic (exact) mass is 403 g/mol. The Morgan fingerprint density at radius 1 is 1.21 bits per heavy atom. The largest absolute Gasteiger partial charge is 0.493 e. The lowest BCUT2D eigenvalue weighted by Gasteiger charge is -2.17. The topological polar surface area (TPSA) is 113 Å². The number of carbonyl (C=O) groups excluding carboxylic acids is 1. The summed E-state index contributed by atoms with van der Waals surface area (Å²) in [7, 11) is 3.13. The maximum Gasteiger partial charge on any atom is 0.306 e. The van der Waals surface area contributed by atoms with Crippen LogP contribution in [0.1, 0.15) is 25.3 Å². The number of nitrogens with one attached hydrogen (secondary N) is 1. The van der Waals surface area contributed by atoms with Gasteiger partial charge in [-0.15, -0.1) is 0 Å². The van der Waals surface area contributed by atoms with Crippen LogP contribution < -0.4 is 14.8 Å². The van der Waals surface area contributed by atoms with Crippen molar-refractivity contribution in [1.82, 2.24) is 4.98 Å². The van der Waals surface area contributed by atoms with Crippen LogP contribution in [0.15, 0.2) is 36.5 Å². The molecule has 0 amide bonds. The number of aryl methyl sites for hydroxylation is 1. The molecule has 9 heteroatoms. The molecule has 0 radical (unpaired) electrons. The van der Waals surface area contributed by atoms with Gasteiger partial charge in [0.05, 0.1) is 25.2 Å². The van der Waals surface area contributed by atoms with E-state index in [-0.39, 0.29) is 30.7 Å². The highest BCUT2D eigenvalue weighted by Gasteiger charge is 2.13. The molecule has 1 unspecified atom stereocenters. The smallest absolute Gasteiger partial charge is 0.306 e. The molecule has 0 saturated heterocycles. The Morgan fingerprint density at radius 3 is 2.55 bits per heavy atom. The van der Waals surface area contributed by atoms with Crippen LogP contribution in [0.5, 0.6) is 11.5 Å². The van der Waals surface area contributed by atoms with Crippen LogP contribution in [0.3, 0.4) is 0 Å². The lowest BCUT2D eigenvalue weighted by atomic mass is 10.1. The molecule has 29 heavy (non-hydrogen) atoms. The van der Waals surface area contributed by atoms with Crippen molar-refractivity contribution in [3.05, 3.63) is 52.2 Å². The first kappa shape index (κ1) is 21.9. The molecule has 0 saturated carbocycles. The van der Waals surface area contributed by atoms with E-state index in [0.717, 1.165) is 5.56 Å². The van der Waals surface area contributed by atoms with Crippen molar-refractivity contribution in [2.75, 3.05) is 26.1 Å². The summed E-state index contributed by atoms with van der Waals surface area (Å²) in [6, 6.07) is 8.27. The second-order valence-electron chi connectivity index (χ2n) is 6.28. The molecular weight excluding hydrogens is 378 g/mol. The van der Waals surface area contributed by atoms with Crippen LogP contribution in [-0.4, -0.2) is 42.7 Å². The van der Waals surface area contributed by atoms with Gasteiger partial charge in [0.1, 0.15) is 18.6 Å². The van der Waals surface area contributed by atoms with Gasteiger partial charge in [-0.2, -0.15) is 0 Å². The number of hydrogen-bond acceptors (Lipinski definition) is 8. The van der Waals surface area contributed by atoms with Gasteiger partial charge < -0.3 is 19.5 Å². The summed E-state index contributed by atoms with van der Waals surface area (Å²) >= 11 is 0. The molecule has 0 aliphatic carbocycles. The number of benzene rings is 1. The Bertz CT molecular complexity index is 825. The fraction of sp³-hybridized carbons (Fsp3) is 0.400. The van der Waals surface area contributed by atoms with E-state index in [0.29, 0.717) is 30.2 Å². The summed E-state index contributed by atoms with van der Waals surface area (Å²) in [5, 5.41) is 13.8. The van der Waals surface area contributed by atoms with E-state index in [1.165, 1.54) is 18.3 Å². The number of carbonyl (C=O) groups is 1. The van der Waals surface area contributed by atoms with Crippen molar-refractivity contribution < 1.29 is 23.9 Å². The van der Waals surface area contributed by atoms with E-state index in [4.69, 9.17) is 14.2 Å². The van der Waals surface area contributed by atoms with Crippen molar-refractivity contribution in [2.24, 2.45) is 0 Å². The molecule has 0 aliphatic heterocycles. The lowest BCUT2D eigenvalue weighted by Crippen LogP contribution is -2.26. The predicted octanol–water partition coefficient (Wildman–Crippen LogP) is 3.37. The van der Waals surface area contributed by atoms with Gasteiger partial charge >= 0.3 is 5.97 Å². The molecule has 1 aromatic carbocycles. The van der Waals surface area contributed by atoms with Crippen molar-refractivity contribution >= 4 is 17.5 Å². The zero-order valence-electron chi connectivity index (χ0n) is 16.7. The fourth-order valence-corrected chi connectivity index (χ4v) is 2.60. The van der Waals surface area contributed by atoms with Crippen molar-refractivity contribution in [3.8, 4) is 11.5 Å². The number of anilines is 1. The molecule has 156 valence electrons. The summed E-state index contributed by atoms with van der Waals surface area (Å²) in [6.07, 6.45) is 2.64. The van der Waals surface area contributed by atoms with Gasteiger partial charge in [0.25, 0.3) is 5.69 Å². The van der Waals surface area contributed by atoms with E-state index in [1.807, 2.05) is 19.1 Å². The molecule has 2 aromatic rings. The normalized spacial score (nSPS) is 11.4. The van der Waals surface area contributed by atoms with Crippen molar-refractivity contribution in [3.63, 3.8) is 0 Å². The Hall–Kier alpha value is -3.36. The van der Waals surface area contributed by atoms with Gasteiger partial charge in [-0.3, -0.25) is 14.9 Å². The van der Waals surface area contributed by atoms with Gasteiger partial charge in [0.2, 0.25) is 0 Å². The van der Waals surface area contributed by atoms with Crippen LogP contribution in [-0.2, 0) is 16.0 Å². The molecule has 1 atom stereocenters. The highest BCUT2D eigenvalue weighted by Crippen LogP contribution is 2.28. The molecule has 0 spiro atoms. The molecule has 2 rings (SSSR count). The molecule has 0 aliphatic rings. The molecule has 0 fully saturated rings. The molecule has 1 aromatic heterocycles. The molecule has 0 bridgehead atoms. The van der Waals surface area contributed by atoms with Crippen LogP contribution in [0.2, 0.25) is 0 Å². The van der Waals surface area contributed by atoms with E-state index in [1.54, 1.807) is 20.3 Å². The minimum atomic E-state index is -0.506. The number of aromatic nitrogens is 1. The second-order valence-corrected chi connectivity index (χ2v) is 6.28. The van der Waals surface area contributed by atoms with E-state index < -0.39 is 4.92 Å². The number of nitro groups is 1. The van der Waals surface area contributed by atoms with Crippen LogP contribution in [0.25, 0.3) is 0 Å². The average molecular weight is 403 g/mol. The number of methoxy groups -OCH3 is 2. The fourth-order valence-electron chi connectivity index (χ4n) is 2.60. The van der Waals surface area contributed by atoms with Gasteiger partial charge in [-0.05, 0) is 36.6 Å². The average Bonchev–Trinajstić information content (AvgIpc) is 2.75. The highest BCUT2D eigenvalue weighted by molar-refractivity contribution is 5.69. The highest BCUT2D eigenvalue weighted by atomic mass is 16.6. The number of rotatable bonds is 11. The van der Waals surface area contributed by atoms with Crippen molar-refractivity contribution in [1.29, 1.82) is 0 Å². The SMILES string of the molecule is CCC(COC(=O)CCc1ccc(OC)c(OC)c1)Nc1ccc([N+](=O)[O-])cn1. The van der Waals surface area contributed by atoms with Gasteiger partial charge in [-0.1, -0.05) is 13.0 Å². The van der Waals surface area contributed by atoms with Crippen LogP contribution >= 0.6 is 0 Å². The first-order chi connectivity index (χ1) is 14.0. The molecular formula is C20H25N3O6. The summed E-state index contributed by atoms with van der Waals surface area (Å²) in [5.74, 6) is 1.43. The summed E-state index contributed by atoms with van der Waals surface area (Å²) < 4.78 is 15.8. The summed E-state index contributed by atoms with van der Waals surface area (Å²) in [6.45, 7) is 2.13. The number of ether oxygens (including phenoxy) is 3. The predicted molar refractivity (Wildman–Crippen MR) is 107 cm³/mol. The maximum atomic E-state index is 12.1. The van der Waals surface area contributed by atoms with E-state index >= 15 is 0 Å². The number of nitrogens with zero attached hydrogens (tertiary/aromatic N) is 2. The second kappa shape index (κ2) is 10.8. The Morgan fingerprint density at radius 2 is 1.97 bits per heavy atom. The third-order valence-corrected chi connectivity index (χ3v) is 4.31. The van der Waals surface area contributed by atoms with Crippen molar-refractivity contribution in [2.45, 2.75) is 32.2 Å². The van der Waals surface area contributed by atoms with E-state index in [2.05, 4.69) is 10.3 Å². The number of hydrogen-bond donors (Lipinski definition) is 1. The van der Waals surface area contributed by atoms with Gasteiger partial charge in [0.15, 0.2) is 11.5 Å². The number of esters is 1. The number of pyridine rings is 1. The third kappa shape index (κ3) is 6.63. The zero-order valence-corrected chi connectivity index (χ0v) is 16.7. The van der Waals surface area contributed by atoms with Crippen LogP contribution in [0, 0.1) is 10.1 Å². The minimum absolute atomic E-state index is 0.0785. The summed E-state index contributed by atoms with van der Waals surface area (Å²) in [5.41, 5.74) is 0.866. The Labute approximate surface area is 169 Å². The molecule has 9 nitrogen and oxygen atoms in total. The molecule has 1 N–H and O–H groups in total. The Kier molecular flexibility index (Phi) is 8.20. The van der Waals surface area contributed by atoms with E-state index in [9.17, 15) is 14.9 Å². The standard InChI is InChI=1S/C20H25N3O6/c1-4-15(22-19-9-7-16(12-21-19)23(25)26)13-29-20(24)10-6-14-5-8-17(27-2)18(11-14)28-3/h5,7-9,11-12,15H,4,6,10,13H2,1-3H3,(H,21,22).